The van der Waals surface area contributed by atoms with E-state index in [9.17, 15) is 14.0 Å². The lowest BCUT2D eigenvalue weighted by Gasteiger charge is -2.11. The van der Waals surface area contributed by atoms with Crippen molar-refractivity contribution >= 4 is 17.9 Å². The van der Waals surface area contributed by atoms with Crippen LogP contribution in [0.15, 0.2) is 83.1 Å². The molecule has 1 aromatic heterocycles. The van der Waals surface area contributed by atoms with E-state index in [1.807, 2.05) is 0 Å². The number of carbonyl (C=O) groups excluding carboxylic acids is 2. The van der Waals surface area contributed by atoms with Gasteiger partial charge < -0.3 is 19.8 Å². The number of amides is 2. The van der Waals surface area contributed by atoms with Gasteiger partial charge in [0.05, 0.1) is 12.8 Å². The summed E-state index contributed by atoms with van der Waals surface area (Å²) < 4.78 is 23.6. The molecule has 0 saturated carbocycles. The van der Waals surface area contributed by atoms with Crippen LogP contribution in [-0.4, -0.2) is 25.0 Å². The lowest BCUT2D eigenvalue weighted by molar-refractivity contribution is -0.117. The Hall–Kier alpha value is -3.87. The molecule has 0 radical (unpaired) electrons. The molecule has 1 heterocycles. The van der Waals surface area contributed by atoms with Gasteiger partial charge in [-0.3, -0.25) is 9.59 Å². The molecule has 148 valence electrons. The Kier molecular flexibility index (Phi) is 6.78. The van der Waals surface area contributed by atoms with Gasteiger partial charge in [0.25, 0.3) is 11.8 Å². The summed E-state index contributed by atoms with van der Waals surface area (Å²) in [6.45, 7) is 0.366. The molecule has 0 saturated heterocycles. The van der Waals surface area contributed by atoms with Crippen LogP contribution in [0.4, 0.5) is 4.39 Å². The number of ether oxygens (including phenoxy) is 1. The van der Waals surface area contributed by atoms with E-state index in [0.29, 0.717) is 17.1 Å². The van der Waals surface area contributed by atoms with Crippen LogP contribution < -0.4 is 15.4 Å². The topological polar surface area (TPSA) is 80.6 Å². The van der Waals surface area contributed by atoms with Crippen molar-refractivity contribution < 1.29 is 23.1 Å². The van der Waals surface area contributed by atoms with Crippen molar-refractivity contribution in [3.63, 3.8) is 0 Å². The molecule has 0 atom stereocenters. The largest absolute Gasteiger partial charge is 0.492 e. The van der Waals surface area contributed by atoms with E-state index >= 15 is 0 Å². The lowest BCUT2D eigenvalue weighted by Crippen LogP contribution is -2.36. The molecule has 0 bridgehead atoms. The van der Waals surface area contributed by atoms with E-state index in [2.05, 4.69) is 10.6 Å². The summed E-state index contributed by atoms with van der Waals surface area (Å²) in [7, 11) is 0. The van der Waals surface area contributed by atoms with Crippen molar-refractivity contribution in [3.05, 3.63) is 95.8 Å². The first kappa shape index (κ1) is 19.9. The maximum Gasteiger partial charge on any atom is 0.268 e. The van der Waals surface area contributed by atoms with Crippen LogP contribution >= 0.6 is 0 Å². The SMILES string of the molecule is O=C(NCCOc1ccc(F)cc1)/C(=C/c1ccco1)NC(=O)c1ccccc1. The van der Waals surface area contributed by atoms with E-state index < -0.39 is 11.8 Å². The Morgan fingerprint density at radius 3 is 2.45 bits per heavy atom. The molecular formula is C22H19FN2O4. The summed E-state index contributed by atoms with van der Waals surface area (Å²) >= 11 is 0. The summed E-state index contributed by atoms with van der Waals surface area (Å²) in [4.78, 5) is 25.0. The van der Waals surface area contributed by atoms with Gasteiger partial charge in [0, 0.05) is 11.6 Å². The van der Waals surface area contributed by atoms with E-state index in [0.717, 1.165) is 0 Å². The highest BCUT2D eigenvalue weighted by Gasteiger charge is 2.15. The molecule has 0 unspecified atom stereocenters. The van der Waals surface area contributed by atoms with Crippen LogP contribution in [0.1, 0.15) is 16.1 Å². The third-order valence-electron chi connectivity index (χ3n) is 3.83. The standard InChI is InChI=1S/C22H19FN2O4/c23-17-8-10-18(11-9-17)29-14-12-24-22(27)20(15-19-7-4-13-28-19)25-21(26)16-5-2-1-3-6-16/h1-11,13,15H,12,14H2,(H,24,27)(H,25,26)/b20-15-. The molecule has 3 rings (SSSR count). The molecule has 0 aliphatic heterocycles. The Bertz CT molecular complexity index is 968. The zero-order valence-corrected chi connectivity index (χ0v) is 15.4. The minimum absolute atomic E-state index is 0.0376. The molecule has 0 aliphatic carbocycles. The Labute approximate surface area is 167 Å². The van der Waals surface area contributed by atoms with Crippen molar-refractivity contribution in [1.82, 2.24) is 10.6 Å². The summed E-state index contributed by atoms with van der Waals surface area (Å²) in [6.07, 6.45) is 2.91. The number of halogens is 1. The van der Waals surface area contributed by atoms with Gasteiger partial charge >= 0.3 is 0 Å². The average molecular weight is 394 g/mol. The summed E-state index contributed by atoms with van der Waals surface area (Å²) in [5.74, 6) is -0.350. The fraction of sp³-hybridized carbons (Fsp3) is 0.0909. The van der Waals surface area contributed by atoms with Gasteiger partial charge in [0.15, 0.2) is 0 Å². The van der Waals surface area contributed by atoms with Crippen molar-refractivity contribution in [2.24, 2.45) is 0 Å². The molecule has 6 nitrogen and oxygen atoms in total. The van der Waals surface area contributed by atoms with Gasteiger partial charge in [0.1, 0.15) is 29.6 Å². The minimum Gasteiger partial charge on any atom is -0.492 e. The van der Waals surface area contributed by atoms with Gasteiger partial charge in [0.2, 0.25) is 0 Å². The number of rotatable bonds is 8. The molecule has 3 aromatic rings. The first-order chi connectivity index (χ1) is 14.1. The van der Waals surface area contributed by atoms with Crippen molar-refractivity contribution in [1.29, 1.82) is 0 Å². The molecule has 2 N–H and O–H groups in total. The first-order valence-corrected chi connectivity index (χ1v) is 8.90. The molecule has 2 amide bonds. The van der Waals surface area contributed by atoms with Gasteiger partial charge in [-0.05, 0) is 48.5 Å². The highest BCUT2D eigenvalue weighted by molar-refractivity contribution is 6.05. The minimum atomic E-state index is -0.492. The number of hydrogen-bond donors (Lipinski definition) is 2. The fourth-order valence-corrected chi connectivity index (χ4v) is 2.42. The highest BCUT2D eigenvalue weighted by atomic mass is 19.1. The fourth-order valence-electron chi connectivity index (χ4n) is 2.42. The second kappa shape index (κ2) is 9.89. The number of carbonyl (C=O) groups is 2. The van der Waals surface area contributed by atoms with Crippen LogP contribution in [0, 0.1) is 5.82 Å². The number of benzene rings is 2. The molecular weight excluding hydrogens is 375 g/mol. The Balaban J connectivity index is 1.60. The molecule has 0 spiro atoms. The quantitative estimate of drug-likeness (QED) is 0.453. The van der Waals surface area contributed by atoms with E-state index in [4.69, 9.17) is 9.15 Å². The Morgan fingerprint density at radius 2 is 1.76 bits per heavy atom. The normalized spacial score (nSPS) is 11.0. The molecule has 7 heteroatoms. The molecule has 29 heavy (non-hydrogen) atoms. The number of furan rings is 1. The van der Waals surface area contributed by atoms with Crippen molar-refractivity contribution in [2.45, 2.75) is 0 Å². The zero-order valence-electron chi connectivity index (χ0n) is 15.4. The smallest absolute Gasteiger partial charge is 0.268 e. The summed E-state index contributed by atoms with van der Waals surface area (Å²) in [6, 6.07) is 17.5. The molecule has 0 fully saturated rings. The second-order valence-electron chi connectivity index (χ2n) is 5.95. The predicted octanol–water partition coefficient (Wildman–Crippen LogP) is 3.38. The van der Waals surface area contributed by atoms with Crippen LogP contribution in [0.25, 0.3) is 6.08 Å². The van der Waals surface area contributed by atoms with Gasteiger partial charge in [-0.2, -0.15) is 0 Å². The number of nitrogens with one attached hydrogen (secondary N) is 2. The van der Waals surface area contributed by atoms with E-state index in [1.54, 1.807) is 42.5 Å². The highest BCUT2D eigenvalue weighted by Crippen LogP contribution is 2.11. The van der Waals surface area contributed by atoms with Crippen LogP contribution in [-0.2, 0) is 4.79 Å². The monoisotopic (exact) mass is 394 g/mol. The maximum atomic E-state index is 12.9. The van der Waals surface area contributed by atoms with E-state index in [1.165, 1.54) is 36.6 Å². The lowest BCUT2D eigenvalue weighted by atomic mass is 10.2. The second-order valence-corrected chi connectivity index (χ2v) is 5.95. The van der Waals surface area contributed by atoms with Crippen LogP contribution in [0.3, 0.4) is 0 Å². The Morgan fingerprint density at radius 1 is 1.00 bits per heavy atom. The van der Waals surface area contributed by atoms with Gasteiger partial charge in [-0.25, -0.2) is 4.39 Å². The number of hydrogen-bond acceptors (Lipinski definition) is 4. The average Bonchev–Trinajstić information content (AvgIpc) is 3.25. The predicted molar refractivity (Wildman–Crippen MR) is 105 cm³/mol. The van der Waals surface area contributed by atoms with Gasteiger partial charge in [-0.15, -0.1) is 0 Å². The molecule has 0 aliphatic rings. The zero-order chi connectivity index (χ0) is 20.5. The third-order valence-corrected chi connectivity index (χ3v) is 3.83. The maximum absolute atomic E-state index is 12.9. The molecule has 2 aromatic carbocycles. The van der Waals surface area contributed by atoms with Crippen LogP contribution in [0.5, 0.6) is 5.75 Å². The first-order valence-electron chi connectivity index (χ1n) is 8.90. The van der Waals surface area contributed by atoms with E-state index in [-0.39, 0.29) is 24.7 Å². The summed E-state index contributed by atoms with van der Waals surface area (Å²) in [5.41, 5.74) is 0.459. The van der Waals surface area contributed by atoms with Crippen LogP contribution in [0.2, 0.25) is 0 Å². The van der Waals surface area contributed by atoms with Gasteiger partial charge in [-0.1, -0.05) is 18.2 Å². The van der Waals surface area contributed by atoms with Crippen molar-refractivity contribution in [2.75, 3.05) is 13.2 Å². The third kappa shape index (κ3) is 6.07. The summed E-state index contributed by atoms with van der Waals surface area (Å²) in [5, 5.41) is 5.27. The van der Waals surface area contributed by atoms with Crippen molar-refractivity contribution in [3.8, 4) is 5.75 Å².